The number of carbonyl (C=O) groups is 2. The van der Waals surface area contributed by atoms with Gasteiger partial charge in [0.25, 0.3) is 7.82 Å². The van der Waals surface area contributed by atoms with Crippen LogP contribution in [-0.4, -0.2) is 70.0 Å². The molecule has 2 atom stereocenters. The summed E-state index contributed by atoms with van der Waals surface area (Å²) in [4.78, 5) is 37.6. The van der Waals surface area contributed by atoms with Crippen LogP contribution in [-0.2, 0) is 32.7 Å². The predicted octanol–water partition coefficient (Wildman–Crippen LogP) is 14.8. The zero-order valence-electron chi connectivity index (χ0n) is 41.5. The number of nitrogens with zero attached hydrogens (tertiary/aromatic N) is 1. The van der Waals surface area contributed by atoms with Crippen molar-refractivity contribution in [3.05, 3.63) is 48.6 Å². The molecule has 0 aliphatic carbocycles. The molecule has 0 N–H and O–H groups in total. The van der Waals surface area contributed by atoms with Crippen molar-refractivity contribution in [2.75, 3.05) is 47.5 Å². The minimum atomic E-state index is -4.65. The summed E-state index contributed by atoms with van der Waals surface area (Å²) in [6.07, 6.45) is 54.7. The Morgan fingerprint density at radius 1 is 0.508 bits per heavy atom. The normalized spacial score (nSPS) is 13.8. The highest BCUT2D eigenvalue weighted by molar-refractivity contribution is 7.45. The fraction of sp³-hybridized carbons (Fsp3) is 0.811. The van der Waals surface area contributed by atoms with Crippen LogP contribution in [0.4, 0.5) is 0 Å². The van der Waals surface area contributed by atoms with Crippen molar-refractivity contribution in [2.24, 2.45) is 0 Å². The Morgan fingerprint density at radius 3 is 1.32 bits per heavy atom. The largest absolute Gasteiger partial charge is 0.756 e. The van der Waals surface area contributed by atoms with Gasteiger partial charge in [-0.3, -0.25) is 14.2 Å². The summed E-state index contributed by atoms with van der Waals surface area (Å²) in [5.74, 6) is -0.922. The lowest BCUT2D eigenvalue weighted by Gasteiger charge is -2.28. The van der Waals surface area contributed by atoms with Gasteiger partial charge in [0.15, 0.2) is 6.10 Å². The first-order chi connectivity index (χ1) is 30.5. The maximum absolute atomic E-state index is 12.6. The lowest BCUT2D eigenvalue weighted by molar-refractivity contribution is -0.870. The van der Waals surface area contributed by atoms with Crippen LogP contribution in [0.2, 0.25) is 0 Å². The second-order valence-corrected chi connectivity index (χ2v) is 19.9. The van der Waals surface area contributed by atoms with Crippen molar-refractivity contribution in [3.8, 4) is 0 Å². The van der Waals surface area contributed by atoms with Crippen LogP contribution >= 0.6 is 7.82 Å². The van der Waals surface area contributed by atoms with Crippen LogP contribution in [0.25, 0.3) is 0 Å². The van der Waals surface area contributed by atoms with E-state index in [9.17, 15) is 19.0 Å². The highest BCUT2D eigenvalue weighted by Crippen LogP contribution is 2.38. The molecule has 0 rings (SSSR count). The van der Waals surface area contributed by atoms with Gasteiger partial charge in [0.1, 0.15) is 19.8 Å². The third kappa shape index (κ3) is 49.2. The second-order valence-electron chi connectivity index (χ2n) is 18.5. The number of likely N-dealkylation sites (N-methyl/N-ethyl adjacent to an activating group) is 1. The average molecular weight is 908 g/mol. The van der Waals surface area contributed by atoms with E-state index < -0.39 is 32.5 Å². The standard InChI is InChI=1S/C53H98NO8P/c1-6-8-10-12-14-16-18-20-21-22-23-24-25-26-27-28-29-30-31-32-34-35-37-39-41-43-45-52(55)59-49-51(50-61-63(57,58)60-48-47-54(3,4)5)62-53(56)46-44-42-40-38-36-33-19-17-15-13-11-9-7-2/h9,11,15,17,33,36,40,42,51H,6-8,10,12-14,16,18-32,34-35,37-39,41,43-50H2,1-5H3/b11-9-,17-15-,36-33-,42-40-. The van der Waals surface area contributed by atoms with Crippen LogP contribution in [0.3, 0.4) is 0 Å². The minimum absolute atomic E-state index is 0.0434. The summed E-state index contributed by atoms with van der Waals surface area (Å²) < 4.78 is 33.9. The molecule has 0 heterocycles. The summed E-state index contributed by atoms with van der Waals surface area (Å²) in [5.41, 5.74) is 0. The number of rotatable bonds is 47. The number of hydrogen-bond acceptors (Lipinski definition) is 8. The zero-order valence-corrected chi connectivity index (χ0v) is 42.4. The quantitative estimate of drug-likeness (QED) is 0.0195. The Morgan fingerprint density at radius 2 is 0.905 bits per heavy atom. The molecule has 0 fully saturated rings. The summed E-state index contributed by atoms with van der Waals surface area (Å²) in [6.45, 7) is 4.05. The molecule has 0 aliphatic rings. The van der Waals surface area contributed by atoms with Crippen LogP contribution in [0, 0.1) is 0 Å². The fourth-order valence-electron chi connectivity index (χ4n) is 7.14. The molecule has 63 heavy (non-hydrogen) atoms. The molecule has 0 radical (unpaired) electrons. The van der Waals surface area contributed by atoms with Gasteiger partial charge < -0.3 is 27.9 Å². The number of ether oxygens (including phenoxy) is 2. The van der Waals surface area contributed by atoms with Crippen LogP contribution in [0.5, 0.6) is 0 Å². The first-order valence-electron chi connectivity index (χ1n) is 25.8. The van der Waals surface area contributed by atoms with Crippen LogP contribution in [0.15, 0.2) is 48.6 Å². The molecule has 0 saturated carbocycles. The topological polar surface area (TPSA) is 111 Å². The van der Waals surface area contributed by atoms with E-state index in [-0.39, 0.29) is 26.1 Å². The fourth-order valence-corrected chi connectivity index (χ4v) is 7.87. The molecule has 10 heteroatoms. The van der Waals surface area contributed by atoms with Crippen molar-refractivity contribution < 1.29 is 42.1 Å². The summed E-state index contributed by atoms with van der Waals surface area (Å²) in [5, 5.41) is 0. The Labute approximate surface area is 388 Å². The Kier molecular flexibility index (Phi) is 43.7. The zero-order chi connectivity index (χ0) is 46.4. The molecular weight excluding hydrogens is 810 g/mol. The summed E-state index contributed by atoms with van der Waals surface area (Å²) >= 11 is 0. The number of carbonyl (C=O) groups excluding carboxylic acids is 2. The molecule has 2 unspecified atom stereocenters. The number of allylic oxidation sites excluding steroid dienone is 8. The van der Waals surface area contributed by atoms with Crippen molar-refractivity contribution in [1.29, 1.82) is 0 Å². The smallest absolute Gasteiger partial charge is 0.306 e. The van der Waals surface area contributed by atoms with Crippen molar-refractivity contribution >= 4 is 19.8 Å². The highest BCUT2D eigenvalue weighted by Gasteiger charge is 2.21. The summed E-state index contributed by atoms with van der Waals surface area (Å²) in [6, 6.07) is 0. The van der Waals surface area contributed by atoms with Crippen molar-refractivity contribution in [1.82, 2.24) is 0 Å². The van der Waals surface area contributed by atoms with Gasteiger partial charge in [0.2, 0.25) is 0 Å². The van der Waals surface area contributed by atoms with Gasteiger partial charge in [-0.2, -0.15) is 0 Å². The lowest BCUT2D eigenvalue weighted by atomic mass is 10.0. The lowest BCUT2D eigenvalue weighted by Crippen LogP contribution is -2.37. The van der Waals surface area contributed by atoms with E-state index in [0.717, 1.165) is 44.9 Å². The van der Waals surface area contributed by atoms with E-state index in [1.165, 1.54) is 148 Å². The van der Waals surface area contributed by atoms with E-state index in [4.69, 9.17) is 18.5 Å². The predicted molar refractivity (Wildman–Crippen MR) is 264 cm³/mol. The number of phosphoric acid groups is 1. The molecule has 0 aromatic carbocycles. The molecule has 0 bridgehead atoms. The van der Waals surface area contributed by atoms with Gasteiger partial charge >= 0.3 is 11.9 Å². The average Bonchev–Trinajstić information content (AvgIpc) is 3.24. The summed E-state index contributed by atoms with van der Waals surface area (Å²) in [7, 11) is 1.13. The molecular formula is C53H98NO8P. The molecule has 0 saturated heterocycles. The van der Waals surface area contributed by atoms with E-state index in [0.29, 0.717) is 17.4 Å². The van der Waals surface area contributed by atoms with Crippen molar-refractivity contribution in [3.63, 3.8) is 0 Å². The van der Waals surface area contributed by atoms with Gasteiger partial charge in [-0.15, -0.1) is 0 Å². The van der Waals surface area contributed by atoms with Crippen LogP contribution in [0.1, 0.15) is 226 Å². The molecule has 0 aromatic heterocycles. The molecule has 0 spiro atoms. The maximum atomic E-state index is 12.6. The molecule has 0 aromatic rings. The van der Waals surface area contributed by atoms with Crippen LogP contribution < -0.4 is 4.89 Å². The van der Waals surface area contributed by atoms with Crippen molar-refractivity contribution in [2.45, 2.75) is 232 Å². The van der Waals surface area contributed by atoms with E-state index >= 15 is 0 Å². The number of esters is 2. The van der Waals surface area contributed by atoms with E-state index in [1.807, 2.05) is 33.3 Å². The number of phosphoric ester groups is 1. The highest BCUT2D eigenvalue weighted by atomic mass is 31.2. The Balaban J connectivity index is 4.14. The SMILES string of the molecule is CC/C=C\C/C=C\C/C=C\C/C=C\CCC(=O)OC(COC(=O)CCCCCCCCCCCCCCCCCCCCCCCCCCCC)COP(=O)([O-])OCC[N+](C)(C)C. The van der Waals surface area contributed by atoms with E-state index in [2.05, 4.69) is 50.3 Å². The molecule has 0 aliphatic heterocycles. The van der Waals surface area contributed by atoms with Gasteiger partial charge in [-0.05, 0) is 38.5 Å². The minimum Gasteiger partial charge on any atom is -0.756 e. The van der Waals surface area contributed by atoms with Gasteiger partial charge in [0, 0.05) is 12.8 Å². The number of quaternary nitrogens is 1. The maximum Gasteiger partial charge on any atom is 0.306 e. The monoisotopic (exact) mass is 908 g/mol. The molecule has 9 nitrogen and oxygen atoms in total. The first-order valence-corrected chi connectivity index (χ1v) is 27.3. The molecule has 368 valence electrons. The molecule has 0 amide bonds. The van der Waals surface area contributed by atoms with Gasteiger partial charge in [0.05, 0.1) is 27.7 Å². The third-order valence-corrected chi connectivity index (χ3v) is 12.1. The van der Waals surface area contributed by atoms with E-state index in [1.54, 1.807) is 0 Å². The van der Waals surface area contributed by atoms with Gasteiger partial charge in [-0.25, -0.2) is 0 Å². The van der Waals surface area contributed by atoms with Gasteiger partial charge in [-0.1, -0.05) is 223 Å². The third-order valence-electron chi connectivity index (χ3n) is 11.1. The number of hydrogen-bond donors (Lipinski definition) is 0. The Bertz CT molecular complexity index is 1210. The Hall–Kier alpha value is -2.03. The first kappa shape index (κ1) is 61.0. The second kappa shape index (κ2) is 45.1. The number of unbranched alkanes of at least 4 members (excludes halogenated alkanes) is 25.